The summed E-state index contributed by atoms with van der Waals surface area (Å²) in [7, 11) is 1.58. The number of methoxy groups -OCH3 is 1. The molecule has 0 atom stereocenters. The summed E-state index contributed by atoms with van der Waals surface area (Å²) in [5.74, 6) is 0.412. The average Bonchev–Trinajstić information content (AvgIpc) is 3.31. The molecule has 142 valence electrons. The predicted molar refractivity (Wildman–Crippen MR) is 114 cm³/mol. The second kappa shape index (κ2) is 7.57. The molecule has 0 aliphatic carbocycles. The molecule has 0 unspecified atom stereocenters. The minimum absolute atomic E-state index is 0.105. The van der Waals surface area contributed by atoms with Crippen LogP contribution in [0.4, 0.5) is 5.69 Å². The van der Waals surface area contributed by atoms with Crippen LogP contribution in [0.1, 0.15) is 4.88 Å². The Hall–Kier alpha value is -2.97. The highest BCUT2D eigenvalue weighted by molar-refractivity contribution is 7.19. The molecular weight excluding hydrogens is 394 g/mol. The molecule has 3 aromatic heterocycles. The van der Waals surface area contributed by atoms with E-state index in [-0.39, 0.29) is 18.0 Å². The third kappa shape index (κ3) is 3.56. The minimum Gasteiger partial charge on any atom is -0.497 e. The molecule has 3 heterocycles. The van der Waals surface area contributed by atoms with Gasteiger partial charge in [-0.15, -0.1) is 22.7 Å². The van der Waals surface area contributed by atoms with Gasteiger partial charge in [-0.3, -0.25) is 14.2 Å². The van der Waals surface area contributed by atoms with Gasteiger partial charge < -0.3 is 10.1 Å². The SMILES string of the molecule is COc1ccc(NC(=O)Cn2cnc3scc(-c4ccc(C)s4)c3c2=O)cc1. The molecule has 0 bridgehead atoms. The normalized spacial score (nSPS) is 10.9. The van der Waals surface area contributed by atoms with E-state index in [0.29, 0.717) is 21.7 Å². The van der Waals surface area contributed by atoms with Gasteiger partial charge in [-0.1, -0.05) is 0 Å². The molecule has 0 saturated heterocycles. The quantitative estimate of drug-likeness (QED) is 0.536. The smallest absolute Gasteiger partial charge is 0.263 e. The first kappa shape index (κ1) is 18.4. The number of hydrogen-bond acceptors (Lipinski definition) is 6. The highest BCUT2D eigenvalue weighted by Crippen LogP contribution is 2.34. The second-order valence-electron chi connectivity index (χ2n) is 6.19. The van der Waals surface area contributed by atoms with Crippen molar-refractivity contribution in [1.82, 2.24) is 9.55 Å². The van der Waals surface area contributed by atoms with Crippen LogP contribution in [-0.2, 0) is 11.3 Å². The summed E-state index contributed by atoms with van der Waals surface area (Å²) in [6.07, 6.45) is 1.43. The van der Waals surface area contributed by atoms with Crippen molar-refractivity contribution in [2.24, 2.45) is 0 Å². The molecule has 0 aliphatic heterocycles. The first-order valence-corrected chi connectivity index (χ1v) is 10.2. The summed E-state index contributed by atoms with van der Waals surface area (Å²) in [5, 5.41) is 5.30. The third-order valence-electron chi connectivity index (χ3n) is 4.25. The van der Waals surface area contributed by atoms with Gasteiger partial charge >= 0.3 is 0 Å². The lowest BCUT2D eigenvalue weighted by molar-refractivity contribution is -0.116. The first-order valence-electron chi connectivity index (χ1n) is 8.52. The summed E-state index contributed by atoms with van der Waals surface area (Å²) < 4.78 is 6.45. The van der Waals surface area contributed by atoms with Crippen LogP contribution in [0.5, 0.6) is 5.75 Å². The largest absolute Gasteiger partial charge is 0.497 e. The summed E-state index contributed by atoms with van der Waals surface area (Å²) in [4.78, 5) is 32.7. The standard InChI is InChI=1S/C20H17N3O3S2/c1-12-3-8-16(28-12)15-10-27-19-18(15)20(25)23(11-21-19)9-17(24)22-13-4-6-14(26-2)7-5-13/h3-8,10-11H,9H2,1-2H3,(H,22,24). The van der Waals surface area contributed by atoms with Gasteiger partial charge in [-0.05, 0) is 43.3 Å². The summed E-state index contributed by atoms with van der Waals surface area (Å²) in [6.45, 7) is 1.93. The number of aromatic nitrogens is 2. The zero-order valence-corrected chi connectivity index (χ0v) is 16.9. The Balaban J connectivity index is 1.61. The number of carbonyl (C=O) groups is 1. The number of hydrogen-bond donors (Lipinski definition) is 1. The van der Waals surface area contributed by atoms with Crippen LogP contribution in [0.15, 0.2) is 52.9 Å². The highest BCUT2D eigenvalue weighted by Gasteiger charge is 2.15. The number of nitrogens with zero attached hydrogens (tertiary/aromatic N) is 2. The first-order chi connectivity index (χ1) is 13.5. The molecular formula is C20H17N3O3S2. The van der Waals surface area contributed by atoms with E-state index >= 15 is 0 Å². The number of ether oxygens (including phenoxy) is 1. The Morgan fingerprint density at radius 1 is 1.21 bits per heavy atom. The Morgan fingerprint density at radius 3 is 2.68 bits per heavy atom. The van der Waals surface area contributed by atoms with E-state index in [1.807, 2.05) is 24.4 Å². The van der Waals surface area contributed by atoms with Crippen LogP contribution < -0.4 is 15.6 Å². The van der Waals surface area contributed by atoms with Crippen LogP contribution >= 0.6 is 22.7 Å². The Kier molecular flexibility index (Phi) is 4.97. The predicted octanol–water partition coefficient (Wildman–Crippen LogP) is 4.14. The maximum atomic E-state index is 13.0. The van der Waals surface area contributed by atoms with E-state index in [1.54, 1.807) is 42.7 Å². The molecule has 0 spiro atoms. The van der Waals surface area contributed by atoms with Crippen molar-refractivity contribution in [2.45, 2.75) is 13.5 Å². The topological polar surface area (TPSA) is 73.2 Å². The highest BCUT2D eigenvalue weighted by atomic mass is 32.1. The van der Waals surface area contributed by atoms with Crippen molar-refractivity contribution in [1.29, 1.82) is 0 Å². The van der Waals surface area contributed by atoms with E-state index < -0.39 is 0 Å². The Morgan fingerprint density at radius 2 is 2.00 bits per heavy atom. The van der Waals surface area contributed by atoms with E-state index in [9.17, 15) is 9.59 Å². The number of anilines is 1. The number of benzene rings is 1. The van der Waals surface area contributed by atoms with Crippen molar-refractivity contribution in [3.63, 3.8) is 0 Å². The summed E-state index contributed by atoms with van der Waals surface area (Å²) in [5.41, 5.74) is 1.30. The lowest BCUT2D eigenvalue weighted by Crippen LogP contribution is -2.27. The fourth-order valence-corrected chi connectivity index (χ4v) is 4.73. The van der Waals surface area contributed by atoms with E-state index in [1.165, 1.54) is 27.1 Å². The third-order valence-corrected chi connectivity index (χ3v) is 6.17. The van der Waals surface area contributed by atoms with Crippen molar-refractivity contribution >= 4 is 44.5 Å². The zero-order chi connectivity index (χ0) is 19.7. The second-order valence-corrected chi connectivity index (χ2v) is 8.34. The maximum absolute atomic E-state index is 13.0. The molecule has 1 amide bonds. The lowest BCUT2D eigenvalue weighted by atomic mass is 10.2. The van der Waals surface area contributed by atoms with Crippen molar-refractivity contribution in [3.8, 4) is 16.2 Å². The van der Waals surface area contributed by atoms with Crippen molar-refractivity contribution in [3.05, 3.63) is 63.3 Å². The number of thiophene rings is 2. The van der Waals surface area contributed by atoms with Crippen LogP contribution in [0.25, 0.3) is 20.7 Å². The van der Waals surface area contributed by atoms with Crippen LogP contribution in [0.3, 0.4) is 0 Å². The van der Waals surface area contributed by atoms with Gasteiger partial charge in [-0.25, -0.2) is 4.98 Å². The molecule has 4 aromatic rings. The molecule has 0 fully saturated rings. The molecule has 1 aromatic carbocycles. The number of aryl methyl sites for hydroxylation is 1. The average molecular weight is 412 g/mol. The van der Waals surface area contributed by atoms with Gasteiger partial charge in [0.15, 0.2) is 0 Å². The fraction of sp³-hybridized carbons (Fsp3) is 0.150. The zero-order valence-electron chi connectivity index (χ0n) is 15.3. The molecule has 1 N–H and O–H groups in total. The maximum Gasteiger partial charge on any atom is 0.263 e. The summed E-state index contributed by atoms with van der Waals surface area (Å²) in [6, 6.07) is 11.1. The van der Waals surface area contributed by atoms with E-state index in [4.69, 9.17) is 4.74 Å². The van der Waals surface area contributed by atoms with Gasteiger partial charge in [0, 0.05) is 26.4 Å². The molecule has 6 nitrogen and oxygen atoms in total. The molecule has 4 rings (SSSR count). The monoisotopic (exact) mass is 411 g/mol. The summed E-state index contributed by atoms with van der Waals surface area (Å²) >= 11 is 3.07. The van der Waals surface area contributed by atoms with Gasteiger partial charge in [0.1, 0.15) is 17.1 Å². The number of rotatable bonds is 5. The van der Waals surface area contributed by atoms with Gasteiger partial charge in [-0.2, -0.15) is 0 Å². The van der Waals surface area contributed by atoms with Crippen LogP contribution in [0.2, 0.25) is 0 Å². The van der Waals surface area contributed by atoms with Crippen LogP contribution in [0, 0.1) is 6.92 Å². The fourth-order valence-electron chi connectivity index (χ4n) is 2.87. The van der Waals surface area contributed by atoms with Crippen molar-refractivity contribution in [2.75, 3.05) is 12.4 Å². The number of nitrogens with one attached hydrogen (secondary N) is 1. The molecule has 8 heteroatoms. The lowest BCUT2D eigenvalue weighted by Gasteiger charge is -2.08. The Labute approximate surface area is 169 Å². The van der Waals surface area contributed by atoms with Crippen LogP contribution in [-0.4, -0.2) is 22.6 Å². The van der Waals surface area contributed by atoms with Crippen molar-refractivity contribution < 1.29 is 9.53 Å². The van der Waals surface area contributed by atoms with Gasteiger partial charge in [0.05, 0.1) is 18.8 Å². The molecule has 0 aliphatic rings. The number of amides is 1. The number of fused-ring (bicyclic) bond motifs is 1. The van der Waals surface area contributed by atoms with Gasteiger partial charge in [0.25, 0.3) is 5.56 Å². The van der Waals surface area contributed by atoms with E-state index in [0.717, 1.165) is 10.4 Å². The Bertz CT molecular complexity index is 1210. The molecule has 0 saturated carbocycles. The number of carbonyl (C=O) groups excluding carboxylic acids is 1. The minimum atomic E-state index is -0.294. The molecule has 28 heavy (non-hydrogen) atoms. The van der Waals surface area contributed by atoms with E-state index in [2.05, 4.69) is 10.3 Å². The molecule has 0 radical (unpaired) electrons. The van der Waals surface area contributed by atoms with Gasteiger partial charge in [0.2, 0.25) is 5.91 Å².